The Morgan fingerprint density at radius 3 is 2.67 bits per heavy atom. The summed E-state index contributed by atoms with van der Waals surface area (Å²) in [7, 11) is 0. The third kappa shape index (κ3) is 2.31. The maximum absolute atomic E-state index is 5.88. The molecule has 0 saturated carbocycles. The molecule has 1 fully saturated rings. The number of nitrogens with zero attached hydrogens (tertiary/aromatic N) is 2. The number of benzene rings is 1. The monoisotopic (exact) mass is 267 g/mol. The van der Waals surface area contributed by atoms with Crippen LogP contribution in [0, 0.1) is 13.8 Å². The van der Waals surface area contributed by atoms with E-state index in [-0.39, 0.29) is 12.4 Å². The molecule has 0 radical (unpaired) electrons. The number of rotatable bonds is 1. The summed E-state index contributed by atoms with van der Waals surface area (Å²) in [6.45, 7) is 8.08. The fourth-order valence-corrected chi connectivity index (χ4v) is 2.36. The van der Waals surface area contributed by atoms with Crippen molar-refractivity contribution in [2.75, 3.05) is 31.1 Å². The van der Waals surface area contributed by atoms with Crippen LogP contribution in [0.5, 0.6) is 0 Å². The van der Waals surface area contributed by atoms with Crippen molar-refractivity contribution in [2.45, 2.75) is 13.8 Å². The van der Waals surface area contributed by atoms with Crippen LogP contribution in [0.1, 0.15) is 11.1 Å². The number of hydrogen-bond donors (Lipinski definition) is 1. The number of hydrogen-bond acceptors (Lipinski definition) is 4. The van der Waals surface area contributed by atoms with E-state index in [1.807, 2.05) is 0 Å². The van der Waals surface area contributed by atoms with Crippen LogP contribution in [-0.2, 0) is 0 Å². The highest BCUT2D eigenvalue weighted by molar-refractivity contribution is 5.85. The largest absolute Gasteiger partial charge is 0.423 e. The minimum Gasteiger partial charge on any atom is -0.423 e. The van der Waals surface area contributed by atoms with Crippen LogP contribution in [0.2, 0.25) is 0 Å². The van der Waals surface area contributed by atoms with Crippen LogP contribution in [0.4, 0.5) is 6.01 Å². The van der Waals surface area contributed by atoms with E-state index in [1.165, 1.54) is 5.56 Å². The molecule has 1 N–H and O–H groups in total. The zero-order chi connectivity index (χ0) is 11.8. The molecular formula is C13H18ClN3O. The molecule has 1 aliphatic rings. The third-order valence-electron chi connectivity index (χ3n) is 3.20. The van der Waals surface area contributed by atoms with E-state index in [0.717, 1.165) is 48.9 Å². The normalized spacial score (nSPS) is 15.8. The Kier molecular flexibility index (Phi) is 3.78. The van der Waals surface area contributed by atoms with Crippen molar-refractivity contribution >= 4 is 29.5 Å². The van der Waals surface area contributed by atoms with E-state index in [9.17, 15) is 0 Å². The highest BCUT2D eigenvalue weighted by Crippen LogP contribution is 2.25. The van der Waals surface area contributed by atoms with Gasteiger partial charge in [0.2, 0.25) is 0 Å². The lowest BCUT2D eigenvalue weighted by atomic mass is 10.1. The van der Waals surface area contributed by atoms with Gasteiger partial charge in [0.05, 0.1) is 0 Å². The molecule has 0 atom stereocenters. The van der Waals surface area contributed by atoms with Gasteiger partial charge in [-0.3, -0.25) is 0 Å². The molecule has 1 saturated heterocycles. The Labute approximate surface area is 113 Å². The number of halogens is 1. The third-order valence-corrected chi connectivity index (χ3v) is 3.20. The van der Waals surface area contributed by atoms with Crippen molar-refractivity contribution in [3.8, 4) is 0 Å². The summed E-state index contributed by atoms with van der Waals surface area (Å²) in [5.74, 6) is 0. The average Bonchev–Trinajstić information content (AvgIpc) is 2.74. The quantitative estimate of drug-likeness (QED) is 0.861. The lowest BCUT2D eigenvalue weighted by molar-refractivity contribution is 0.517. The van der Waals surface area contributed by atoms with Gasteiger partial charge in [0, 0.05) is 26.2 Å². The molecule has 0 unspecified atom stereocenters. The number of fused-ring (bicyclic) bond motifs is 1. The van der Waals surface area contributed by atoms with Gasteiger partial charge in [-0.05, 0) is 31.0 Å². The number of aromatic nitrogens is 1. The smallest absolute Gasteiger partial charge is 0.298 e. The highest BCUT2D eigenvalue weighted by Gasteiger charge is 2.17. The van der Waals surface area contributed by atoms with Gasteiger partial charge >= 0.3 is 0 Å². The second kappa shape index (κ2) is 5.16. The fraction of sp³-hybridized carbons (Fsp3) is 0.462. The van der Waals surface area contributed by atoms with Crippen LogP contribution in [0.25, 0.3) is 11.1 Å². The standard InChI is InChI=1S/C13H17N3O.ClH/c1-9-7-10(2)12-11(8-9)15-13(17-12)16-5-3-14-4-6-16;/h7-8,14H,3-6H2,1-2H3;1H. The van der Waals surface area contributed by atoms with E-state index in [0.29, 0.717) is 0 Å². The van der Waals surface area contributed by atoms with Gasteiger partial charge in [0.15, 0.2) is 5.58 Å². The minimum absolute atomic E-state index is 0. The van der Waals surface area contributed by atoms with Gasteiger partial charge in [-0.25, -0.2) is 0 Å². The van der Waals surface area contributed by atoms with Crippen molar-refractivity contribution in [3.63, 3.8) is 0 Å². The molecule has 5 heteroatoms. The molecule has 2 heterocycles. The molecule has 18 heavy (non-hydrogen) atoms. The molecule has 1 aromatic heterocycles. The van der Waals surface area contributed by atoms with Crippen molar-refractivity contribution < 1.29 is 4.42 Å². The fourth-order valence-electron chi connectivity index (χ4n) is 2.36. The van der Waals surface area contributed by atoms with E-state index in [4.69, 9.17) is 4.42 Å². The first-order valence-corrected chi connectivity index (χ1v) is 6.07. The van der Waals surface area contributed by atoms with Crippen molar-refractivity contribution in [2.24, 2.45) is 0 Å². The molecule has 1 aliphatic heterocycles. The SMILES string of the molecule is Cc1cc(C)c2oc(N3CCNCC3)nc2c1.Cl. The van der Waals surface area contributed by atoms with Crippen LogP contribution in [-0.4, -0.2) is 31.2 Å². The molecule has 0 aliphatic carbocycles. The van der Waals surface area contributed by atoms with Crippen LogP contribution in [0.15, 0.2) is 16.5 Å². The lowest BCUT2D eigenvalue weighted by Gasteiger charge is -2.25. The number of nitrogens with one attached hydrogen (secondary N) is 1. The van der Waals surface area contributed by atoms with Gasteiger partial charge in [0.1, 0.15) is 5.52 Å². The molecular weight excluding hydrogens is 250 g/mol. The van der Waals surface area contributed by atoms with Gasteiger partial charge in [-0.15, -0.1) is 12.4 Å². The predicted octanol–water partition coefficient (Wildman–Crippen LogP) is 2.28. The summed E-state index contributed by atoms with van der Waals surface area (Å²) < 4.78 is 5.88. The summed E-state index contributed by atoms with van der Waals surface area (Å²) in [6, 6.07) is 4.97. The Hall–Kier alpha value is -1.26. The van der Waals surface area contributed by atoms with Gasteiger partial charge < -0.3 is 14.6 Å². The lowest BCUT2D eigenvalue weighted by Crippen LogP contribution is -2.43. The summed E-state index contributed by atoms with van der Waals surface area (Å²) in [4.78, 5) is 6.79. The number of anilines is 1. The molecule has 2 aromatic rings. The van der Waals surface area contributed by atoms with Crippen molar-refractivity contribution in [3.05, 3.63) is 23.3 Å². The number of oxazole rings is 1. The minimum atomic E-state index is 0. The predicted molar refractivity (Wildman–Crippen MR) is 75.8 cm³/mol. The Balaban J connectivity index is 0.00000120. The van der Waals surface area contributed by atoms with E-state index < -0.39 is 0 Å². The van der Waals surface area contributed by atoms with Crippen molar-refractivity contribution in [1.29, 1.82) is 0 Å². The summed E-state index contributed by atoms with van der Waals surface area (Å²) in [5, 5.41) is 3.33. The second-order valence-electron chi connectivity index (χ2n) is 4.66. The first kappa shape index (κ1) is 13.2. The average molecular weight is 268 g/mol. The molecule has 0 bridgehead atoms. The Bertz CT molecular complexity index is 546. The molecule has 4 nitrogen and oxygen atoms in total. The maximum atomic E-state index is 5.88. The second-order valence-corrected chi connectivity index (χ2v) is 4.66. The van der Waals surface area contributed by atoms with Gasteiger partial charge in [0.25, 0.3) is 6.01 Å². The van der Waals surface area contributed by atoms with Crippen LogP contribution < -0.4 is 10.2 Å². The van der Waals surface area contributed by atoms with Gasteiger partial charge in [-0.1, -0.05) is 6.07 Å². The Morgan fingerprint density at radius 1 is 1.22 bits per heavy atom. The van der Waals surface area contributed by atoms with Crippen LogP contribution >= 0.6 is 12.4 Å². The topological polar surface area (TPSA) is 41.3 Å². The molecule has 0 amide bonds. The zero-order valence-electron chi connectivity index (χ0n) is 10.7. The molecule has 3 rings (SSSR count). The highest BCUT2D eigenvalue weighted by atomic mass is 35.5. The molecule has 98 valence electrons. The number of aryl methyl sites for hydroxylation is 2. The van der Waals surface area contributed by atoms with Crippen LogP contribution in [0.3, 0.4) is 0 Å². The Morgan fingerprint density at radius 2 is 1.94 bits per heavy atom. The molecule has 0 spiro atoms. The molecule has 1 aromatic carbocycles. The van der Waals surface area contributed by atoms with Gasteiger partial charge in [-0.2, -0.15) is 4.98 Å². The summed E-state index contributed by atoms with van der Waals surface area (Å²) >= 11 is 0. The van der Waals surface area contributed by atoms with E-state index in [1.54, 1.807) is 0 Å². The maximum Gasteiger partial charge on any atom is 0.298 e. The summed E-state index contributed by atoms with van der Waals surface area (Å²) in [5.41, 5.74) is 4.28. The van der Waals surface area contributed by atoms with E-state index >= 15 is 0 Å². The zero-order valence-corrected chi connectivity index (χ0v) is 11.5. The first-order valence-electron chi connectivity index (χ1n) is 6.07. The van der Waals surface area contributed by atoms with Crippen molar-refractivity contribution in [1.82, 2.24) is 10.3 Å². The summed E-state index contributed by atoms with van der Waals surface area (Å²) in [6.07, 6.45) is 0. The van der Waals surface area contributed by atoms with E-state index in [2.05, 4.69) is 41.2 Å². The first-order chi connectivity index (χ1) is 8.24. The number of piperazine rings is 1.